The molecule has 0 aromatic rings. The number of ketones is 1. The van der Waals surface area contributed by atoms with Gasteiger partial charge in [-0.2, -0.15) is 0 Å². The third-order valence-corrected chi connectivity index (χ3v) is 7.86. The van der Waals surface area contributed by atoms with Gasteiger partial charge in [-0.15, -0.1) is 0 Å². The van der Waals surface area contributed by atoms with Crippen LogP contribution in [0.25, 0.3) is 0 Å². The summed E-state index contributed by atoms with van der Waals surface area (Å²) >= 11 is 0. The molecule has 3 saturated carbocycles. The van der Waals surface area contributed by atoms with E-state index in [1.807, 2.05) is 6.92 Å². The van der Waals surface area contributed by atoms with Gasteiger partial charge >= 0.3 is 0 Å². The maximum absolute atomic E-state index is 12.1. The van der Waals surface area contributed by atoms with Crippen LogP contribution in [-0.2, 0) is 4.79 Å². The maximum Gasteiger partial charge on any atom is 0.133 e. The molecule has 0 aromatic heterocycles. The standard InChI is InChI=1S/C21H36O2/c1-14-7-8-18-16(5-4-6-17(23)13-14)11-12-21(3)19(15(2)22)9-10-20(18)21/h14,16-20,23H,4-13H2,1-3H3/t14-,16-,17+,18+,19?,20-,21+/m0/s1. The fraction of sp³-hybridized carbons (Fsp3) is 0.952. The second-order valence-electron chi connectivity index (χ2n) is 9.32. The minimum Gasteiger partial charge on any atom is -0.393 e. The molecule has 1 unspecified atom stereocenters. The van der Waals surface area contributed by atoms with Crippen molar-refractivity contribution < 1.29 is 9.90 Å². The van der Waals surface area contributed by atoms with Gasteiger partial charge in [-0.1, -0.05) is 33.1 Å². The first-order valence-corrected chi connectivity index (χ1v) is 10.1. The van der Waals surface area contributed by atoms with Gasteiger partial charge in [0, 0.05) is 5.92 Å². The summed E-state index contributed by atoms with van der Waals surface area (Å²) in [5.41, 5.74) is 0.278. The third kappa shape index (κ3) is 3.38. The van der Waals surface area contributed by atoms with Crippen LogP contribution in [0.2, 0.25) is 0 Å². The predicted molar refractivity (Wildman–Crippen MR) is 94.1 cm³/mol. The Bertz CT molecular complexity index is 432. The lowest BCUT2D eigenvalue weighted by molar-refractivity contribution is -0.126. The highest BCUT2D eigenvalue weighted by Gasteiger charge is 2.54. The van der Waals surface area contributed by atoms with E-state index in [4.69, 9.17) is 0 Å². The normalized spacial score (nSPS) is 48.3. The molecule has 1 N–H and O–H groups in total. The van der Waals surface area contributed by atoms with E-state index in [0.717, 1.165) is 37.0 Å². The molecule has 3 aliphatic rings. The van der Waals surface area contributed by atoms with Gasteiger partial charge in [-0.25, -0.2) is 0 Å². The van der Waals surface area contributed by atoms with E-state index in [0.29, 0.717) is 17.6 Å². The number of Topliss-reactive ketones (excluding diaryl/α,β-unsaturated/α-hetero) is 1. The van der Waals surface area contributed by atoms with Crippen molar-refractivity contribution in [2.24, 2.45) is 35.0 Å². The van der Waals surface area contributed by atoms with Crippen molar-refractivity contribution in [1.29, 1.82) is 0 Å². The SMILES string of the molecule is CC(=O)C1CC[C@H]2[C@@H]3CC[C@H](C)C[C@H](O)CCC[C@H]3CC[C@]12C. The number of aliphatic hydroxyl groups excluding tert-OH is 1. The van der Waals surface area contributed by atoms with E-state index in [1.54, 1.807) is 0 Å². The van der Waals surface area contributed by atoms with Gasteiger partial charge < -0.3 is 5.11 Å². The Hall–Kier alpha value is -0.370. The van der Waals surface area contributed by atoms with Crippen LogP contribution in [0.5, 0.6) is 0 Å². The van der Waals surface area contributed by atoms with Gasteiger partial charge in [-0.05, 0) is 81.0 Å². The van der Waals surface area contributed by atoms with Gasteiger partial charge in [0.1, 0.15) is 5.78 Å². The van der Waals surface area contributed by atoms with Crippen LogP contribution >= 0.6 is 0 Å². The van der Waals surface area contributed by atoms with Crippen molar-refractivity contribution in [2.45, 2.75) is 91.1 Å². The molecule has 3 rings (SSSR count). The molecule has 2 nitrogen and oxygen atoms in total. The monoisotopic (exact) mass is 320 g/mol. The summed E-state index contributed by atoms with van der Waals surface area (Å²) in [7, 11) is 0. The Kier molecular flexibility index (Phi) is 5.21. The fourth-order valence-corrected chi connectivity index (χ4v) is 6.62. The van der Waals surface area contributed by atoms with Crippen molar-refractivity contribution in [3.8, 4) is 0 Å². The first kappa shape index (κ1) is 17.5. The number of hydrogen-bond donors (Lipinski definition) is 1. The number of carbonyl (C=O) groups excluding carboxylic acids is 1. The van der Waals surface area contributed by atoms with Gasteiger partial charge in [0.25, 0.3) is 0 Å². The topological polar surface area (TPSA) is 37.3 Å². The number of rotatable bonds is 1. The van der Waals surface area contributed by atoms with Crippen LogP contribution < -0.4 is 0 Å². The Balaban J connectivity index is 1.77. The Morgan fingerprint density at radius 2 is 1.83 bits per heavy atom. The van der Waals surface area contributed by atoms with E-state index in [1.165, 1.54) is 44.9 Å². The van der Waals surface area contributed by atoms with Gasteiger partial charge in [-0.3, -0.25) is 4.79 Å². The maximum atomic E-state index is 12.1. The summed E-state index contributed by atoms with van der Waals surface area (Å²) in [6, 6.07) is 0. The molecular weight excluding hydrogens is 284 g/mol. The molecule has 2 heteroatoms. The van der Waals surface area contributed by atoms with Crippen molar-refractivity contribution in [2.75, 3.05) is 0 Å². The van der Waals surface area contributed by atoms with E-state index in [-0.39, 0.29) is 11.5 Å². The van der Waals surface area contributed by atoms with E-state index in [9.17, 15) is 9.90 Å². The second kappa shape index (κ2) is 6.86. The van der Waals surface area contributed by atoms with Crippen molar-refractivity contribution >= 4 is 5.78 Å². The van der Waals surface area contributed by atoms with Crippen molar-refractivity contribution in [3.05, 3.63) is 0 Å². The molecule has 3 fully saturated rings. The molecule has 0 saturated heterocycles. The number of hydrogen-bond acceptors (Lipinski definition) is 2. The second-order valence-corrected chi connectivity index (χ2v) is 9.32. The van der Waals surface area contributed by atoms with E-state index in [2.05, 4.69) is 13.8 Å². The number of fused-ring (bicyclic) bond motifs is 3. The van der Waals surface area contributed by atoms with Crippen LogP contribution in [0.4, 0.5) is 0 Å². The van der Waals surface area contributed by atoms with Crippen LogP contribution in [0.3, 0.4) is 0 Å². The minimum atomic E-state index is -0.0796. The van der Waals surface area contributed by atoms with Crippen molar-refractivity contribution in [1.82, 2.24) is 0 Å². The zero-order valence-electron chi connectivity index (χ0n) is 15.4. The zero-order chi connectivity index (χ0) is 16.6. The Morgan fingerprint density at radius 1 is 1.04 bits per heavy atom. The highest BCUT2D eigenvalue weighted by Crippen LogP contribution is 2.60. The highest BCUT2D eigenvalue weighted by atomic mass is 16.3. The molecule has 132 valence electrons. The average molecular weight is 321 g/mol. The smallest absolute Gasteiger partial charge is 0.133 e. The molecule has 0 amide bonds. The molecule has 0 aromatic carbocycles. The first-order valence-electron chi connectivity index (χ1n) is 10.1. The first-order chi connectivity index (χ1) is 10.9. The summed E-state index contributed by atoms with van der Waals surface area (Å²) in [5.74, 6) is 3.84. The molecule has 0 heterocycles. The molecule has 23 heavy (non-hydrogen) atoms. The average Bonchev–Trinajstić information content (AvgIpc) is 2.83. The lowest BCUT2D eigenvalue weighted by Gasteiger charge is -2.49. The minimum absolute atomic E-state index is 0.0796. The zero-order valence-corrected chi connectivity index (χ0v) is 15.4. The van der Waals surface area contributed by atoms with Crippen LogP contribution in [0.15, 0.2) is 0 Å². The third-order valence-electron chi connectivity index (χ3n) is 7.86. The largest absolute Gasteiger partial charge is 0.393 e. The molecule has 0 bridgehead atoms. The van der Waals surface area contributed by atoms with Gasteiger partial charge in [0.15, 0.2) is 0 Å². The van der Waals surface area contributed by atoms with Crippen LogP contribution in [0.1, 0.15) is 85.0 Å². The molecular formula is C21H36O2. The lowest BCUT2D eigenvalue weighted by Crippen LogP contribution is -2.43. The van der Waals surface area contributed by atoms with Gasteiger partial charge in [0.05, 0.1) is 6.10 Å². The Labute approximate surface area is 142 Å². The summed E-state index contributed by atoms with van der Waals surface area (Å²) in [6.45, 7) is 6.56. The Morgan fingerprint density at radius 3 is 2.57 bits per heavy atom. The number of carbonyl (C=O) groups is 1. The molecule has 7 atom stereocenters. The van der Waals surface area contributed by atoms with Crippen molar-refractivity contribution in [3.63, 3.8) is 0 Å². The summed E-state index contributed by atoms with van der Waals surface area (Å²) < 4.78 is 0. The molecule has 0 radical (unpaired) electrons. The van der Waals surface area contributed by atoms with Crippen LogP contribution in [-0.4, -0.2) is 17.0 Å². The molecule has 0 spiro atoms. The predicted octanol–water partition coefficient (Wildman–Crippen LogP) is 4.99. The van der Waals surface area contributed by atoms with Crippen LogP contribution in [0, 0.1) is 35.0 Å². The fourth-order valence-electron chi connectivity index (χ4n) is 6.62. The molecule has 3 aliphatic carbocycles. The lowest BCUT2D eigenvalue weighted by atomic mass is 9.55. The summed E-state index contributed by atoms with van der Waals surface area (Å²) in [4.78, 5) is 12.1. The summed E-state index contributed by atoms with van der Waals surface area (Å²) in [6.07, 6.45) is 11.9. The molecule has 0 aliphatic heterocycles. The number of aliphatic hydroxyl groups is 1. The van der Waals surface area contributed by atoms with Gasteiger partial charge in [0.2, 0.25) is 0 Å². The summed E-state index contributed by atoms with van der Waals surface area (Å²) in [5, 5.41) is 10.1. The highest BCUT2D eigenvalue weighted by molar-refractivity contribution is 5.79. The van der Waals surface area contributed by atoms with E-state index >= 15 is 0 Å². The van der Waals surface area contributed by atoms with E-state index < -0.39 is 0 Å². The quantitative estimate of drug-likeness (QED) is 0.739.